The first-order valence-corrected chi connectivity index (χ1v) is 9.51. The number of carbonyl (C=O) groups is 2. The van der Waals surface area contributed by atoms with Crippen LogP contribution in [0.2, 0.25) is 5.02 Å². The molecule has 3 rings (SSSR count). The van der Waals surface area contributed by atoms with Crippen molar-refractivity contribution in [2.24, 2.45) is 0 Å². The van der Waals surface area contributed by atoms with Gasteiger partial charge in [0.15, 0.2) is 5.13 Å². The fraction of sp³-hybridized carbons (Fsp3) is 0.211. The van der Waals surface area contributed by atoms with Crippen LogP contribution < -0.4 is 10.1 Å². The first-order valence-electron chi connectivity index (χ1n) is 8.31. The van der Waals surface area contributed by atoms with Crippen LogP contribution in [-0.4, -0.2) is 30.1 Å². The molecular formula is C19H17ClN2O4S. The molecule has 0 bridgehead atoms. The SMILES string of the molecule is CCOC(=O)c1ccc2nc(NC(=O)CCOc3ccccc3Cl)sc2c1. The molecule has 1 amide bonds. The molecule has 0 aliphatic carbocycles. The number of ether oxygens (including phenoxy) is 2. The highest BCUT2D eigenvalue weighted by Gasteiger charge is 2.12. The smallest absolute Gasteiger partial charge is 0.338 e. The van der Waals surface area contributed by atoms with Gasteiger partial charge in [-0.1, -0.05) is 35.1 Å². The number of amides is 1. The lowest BCUT2D eigenvalue weighted by atomic mass is 10.2. The Labute approximate surface area is 165 Å². The molecule has 1 N–H and O–H groups in total. The van der Waals surface area contributed by atoms with Gasteiger partial charge in [0.05, 0.1) is 40.4 Å². The van der Waals surface area contributed by atoms with E-state index in [2.05, 4.69) is 10.3 Å². The molecule has 0 atom stereocenters. The minimum absolute atomic E-state index is 0.162. The first kappa shape index (κ1) is 19.1. The number of benzene rings is 2. The summed E-state index contributed by atoms with van der Waals surface area (Å²) in [4.78, 5) is 28.2. The van der Waals surface area contributed by atoms with Crippen molar-refractivity contribution >= 4 is 50.2 Å². The summed E-state index contributed by atoms with van der Waals surface area (Å²) in [6.45, 7) is 2.27. The maximum absolute atomic E-state index is 12.1. The molecule has 0 saturated carbocycles. The van der Waals surface area contributed by atoms with Gasteiger partial charge in [0.1, 0.15) is 5.75 Å². The molecule has 0 saturated heterocycles. The molecule has 8 heteroatoms. The number of nitrogens with one attached hydrogen (secondary N) is 1. The lowest BCUT2D eigenvalue weighted by molar-refractivity contribution is -0.116. The highest BCUT2D eigenvalue weighted by atomic mass is 35.5. The lowest BCUT2D eigenvalue weighted by Crippen LogP contribution is -2.15. The summed E-state index contributed by atoms with van der Waals surface area (Å²) < 4.78 is 11.3. The van der Waals surface area contributed by atoms with Crippen LogP contribution in [0.1, 0.15) is 23.7 Å². The summed E-state index contributed by atoms with van der Waals surface area (Å²) in [7, 11) is 0. The van der Waals surface area contributed by atoms with E-state index >= 15 is 0 Å². The van der Waals surface area contributed by atoms with Crippen molar-refractivity contribution < 1.29 is 19.1 Å². The molecule has 140 valence electrons. The van der Waals surface area contributed by atoms with Gasteiger partial charge >= 0.3 is 5.97 Å². The van der Waals surface area contributed by atoms with Crippen LogP contribution in [-0.2, 0) is 9.53 Å². The summed E-state index contributed by atoms with van der Waals surface area (Å²) in [6, 6.07) is 12.2. The van der Waals surface area contributed by atoms with E-state index in [0.717, 1.165) is 4.70 Å². The molecule has 0 radical (unpaired) electrons. The van der Waals surface area contributed by atoms with E-state index in [9.17, 15) is 9.59 Å². The number of carbonyl (C=O) groups excluding carboxylic acids is 2. The molecule has 0 aliphatic heterocycles. The van der Waals surface area contributed by atoms with Crippen molar-refractivity contribution in [3.8, 4) is 5.75 Å². The van der Waals surface area contributed by atoms with Crippen LogP contribution in [0, 0.1) is 0 Å². The minimum Gasteiger partial charge on any atom is -0.491 e. The normalized spacial score (nSPS) is 10.6. The number of aromatic nitrogens is 1. The molecule has 0 aliphatic rings. The predicted octanol–water partition coefficient (Wildman–Crippen LogP) is 4.53. The van der Waals surface area contributed by atoms with Gasteiger partial charge in [0, 0.05) is 0 Å². The highest BCUT2D eigenvalue weighted by molar-refractivity contribution is 7.22. The van der Waals surface area contributed by atoms with Gasteiger partial charge in [0.25, 0.3) is 0 Å². The topological polar surface area (TPSA) is 77.5 Å². The molecule has 27 heavy (non-hydrogen) atoms. The Bertz CT molecular complexity index is 973. The summed E-state index contributed by atoms with van der Waals surface area (Å²) >= 11 is 7.30. The monoisotopic (exact) mass is 404 g/mol. The number of rotatable bonds is 7. The third-order valence-corrected chi connectivity index (χ3v) is 4.82. The maximum Gasteiger partial charge on any atom is 0.338 e. The van der Waals surface area contributed by atoms with Crippen LogP contribution in [0.25, 0.3) is 10.2 Å². The van der Waals surface area contributed by atoms with Gasteiger partial charge < -0.3 is 14.8 Å². The molecule has 1 heterocycles. The number of nitrogens with zero attached hydrogens (tertiary/aromatic N) is 1. The lowest BCUT2D eigenvalue weighted by Gasteiger charge is -2.07. The number of para-hydroxylation sites is 1. The van der Waals surface area contributed by atoms with E-state index in [0.29, 0.717) is 33.6 Å². The van der Waals surface area contributed by atoms with E-state index in [4.69, 9.17) is 21.1 Å². The number of hydrogen-bond donors (Lipinski definition) is 1. The van der Waals surface area contributed by atoms with Crippen molar-refractivity contribution in [3.63, 3.8) is 0 Å². The molecule has 1 aromatic heterocycles. The first-order chi connectivity index (χ1) is 13.1. The van der Waals surface area contributed by atoms with E-state index in [1.165, 1.54) is 11.3 Å². The fourth-order valence-corrected chi connectivity index (χ4v) is 3.43. The van der Waals surface area contributed by atoms with Gasteiger partial charge in [0.2, 0.25) is 5.91 Å². The van der Waals surface area contributed by atoms with Crippen molar-refractivity contribution in [1.82, 2.24) is 4.98 Å². The molecule has 0 fully saturated rings. The summed E-state index contributed by atoms with van der Waals surface area (Å²) in [5.41, 5.74) is 1.16. The molecular weight excluding hydrogens is 388 g/mol. The molecule has 0 unspecified atom stereocenters. The quantitative estimate of drug-likeness (QED) is 0.585. The van der Waals surface area contributed by atoms with E-state index < -0.39 is 0 Å². The zero-order chi connectivity index (χ0) is 19.2. The molecule has 6 nitrogen and oxygen atoms in total. The second-order valence-electron chi connectivity index (χ2n) is 5.50. The predicted molar refractivity (Wildman–Crippen MR) is 106 cm³/mol. The Balaban J connectivity index is 1.58. The average Bonchev–Trinajstić information content (AvgIpc) is 3.04. The van der Waals surface area contributed by atoms with E-state index in [1.54, 1.807) is 37.3 Å². The van der Waals surface area contributed by atoms with Crippen molar-refractivity contribution in [3.05, 3.63) is 53.1 Å². The number of hydrogen-bond acceptors (Lipinski definition) is 6. The maximum atomic E-state index is 12.1. The number of fused-ring (bicyclic) bond motifs is 1. The second-order valence-corrected chi connectivity index (χ2v) is 6.94. The Kier molecular flexibility index (Phi) is 6.26. The van der Waals surface area contributed by atoms with Gasteiger partial charge in [-0.15, -0.1) is 0 Å². The van der Waals surface area contributed by atoms with Crippen molar-refractivity contribution in [1.29, 1.82) is 0 Å². The Hall–Kier alpha value is -2.64. The Morgan fingerprint density at radius 1 is 1.22 bits per heavy atom. The summed E-state index contributed by atoms with van der Waals surface area (Å²) in [5.74, 6) is -0.0553. The third kappa shape index (κ3) is 4.96. The van der Waals surface area contributed by atoms with Crippen LogP contribution in [0.4, 0.5) is 5.13 Å². The fourth-order valence-electron chi connectivity index (χ4n) is 2.32. The molecule has 2 aromatic carbocycles. The zero-order valence-corrected chi connectivity index (χ0v) is 16.1. The standard InChI is InChI=1S/C19H17ClN2O4S/c1-2-25-18(24)12-7-8-14-16(11-12)27-19(21-14)22-17(23)9-10-26-15-6-4-3-5-13(15)20/h3-8,11H,2,9-10H2,1H3,(H,21,22,23). The van der Waals surface area contributed by atoms with Gasteiger partial charge in [-0.2, -0.15) is 0 Å². The zero-order valence-electron chi connectivity index (χ0n) is 14.5. The molecule has 3 aromatic rings. The molecule has 0 spiro atoms. The highest BCUT2D eigenvalue weighted by Crippen LogP contribution is 2.27. The van der Waals surface area contributed by atoms with Gasteiger partial charge in [-0.25, -0.2) is 9.78 Å². The van der Waals surface area contributed by atoms with Crippen LogP contribution in [0.5, 0.6) is 5.75 Å². The van der Waals surface area contributed by atoms with Crippen LogP contribution in [0.3, 0.4) is 0 Å². The number of esters is 1. The number of anilines is 1. The summed E-state index contributed by atoms with van der Waals surface area (Å²) in [6.07, 6.45) is 0.162. The third-order valence-electron chi connectivity index (χ3n) is 3.57. The number of halogens is 1. The van der Waals surface area contributed by atoms with Gasteiger partial charge in [-0.05, 0) is 37.3 Å². The number of thiazole rings is 1. The minimum atomic E-state index is -0.380. The van der Waals surface area contributed by atoms with E-state index in [-0.39, 0.29) is 24.9 Å². The Morgan fingerprint density at radius 3 is 2.81 bits per heavy atom. The Morgan fingerprint density at radius 2 is 2.04 bits per heavy atom. The van der Waals surface area contributed by atoms with Crippen molar-refractivity contribution in [2.45, 2.75) is 13.3 Å². The van der Waals surface area contributed by atoms with Crippen LogP contribution >= 0.6 is 22.9 Å². The largest absolute Gasteiger partial charge is 0.491 e. The van der Waals surface area contributed by atoms with Gasteiger partial charge in [-0.3, -0.25) is 4.79 Å². The van der Waals surface area contributed by atoms with Crippen molar-refractivity contribution in [2.75, 3.05) is 18.5 Å². The van der Waals surface area contributed by atoms with Crippen LogP contribution in [0.15, 0.2) is 42.5 Å². The summed E-state index contributed by atoms with van der Waals surface area (Å²) in [5, 5.41) is 3.71. The average molecular weight is 405 g/mol. The second kappa shape index (κ2) is 8.83. The van der Waals surface area contributed by atoms with E-state index in [1.807, 2.05) is 12.1 Å².